The molecular formula is C57H57BN6NiO3+. The third-order valence-corrected chi connectivity index (χ3v) is 10.5. The number of carbonyl (C=O) groups is 1. The Morgan fingerprint density at radius 3 is 0.985 bits per heavy atom. The second-order valence-corrected chi connectivity index (χ2v) is 15.5. The maximum Gasteiger partial charge on any atom is 3.00 e. The maximum atomic E-state index is 10.1. The number of carboxylic acids is 1. The number of rotatable bonds is 12. The molecule has 0 aliphatic carbocycles. The van der Waals surface area contributed by atoms with Gasteiger partial charge in [0.15, 0.2) is 0 Å². The minimum Gasteiger partial charge on any atom is -0.547 e. The summed E-state index contributed by atoms with van der Waals surface area (Å²) < 4.78 is 0. The summed E-state index contributed by atoms with van der Waals surface area (Å²) in [6.07, 6.45) is -2.73. The van der Waals surface area contributed by atoms with E-state index in [1.807, 2.05) is 39.0 Å². The number of benzene rings is 5. The largest absolute Gasteiger partial charge is 3.00 e. The van der Waals surface area contributed by atoms with Gasteiger partial charge in [0.25, 0.3) is 0 Å². The van der Waals surface area contributed by atoms with E-state index < -0.39 is 18.2 Å². The zero-order valence-electron chi connectivity index (χ0n) is 39.2. The van der Waals surface area contributed by atoms with E-state index in [0.29, 0.717) is 5.56 Å². The number of pyridine rings is 3. The zero-order valence-corrected chi connectivity index (χ0v) is 40.2. The SMILES string of the molecule is CC#N.CC#N.Cc1cccc(CN(Cc2cccc(C)n2)Cc2cccc(C)n2)n1.O=C([O-])[C@H](O)c1ccccc1.[Ni+3].c1ccc([B-](c2ccccc2)(c2ccccc2)c2ccccc2)cc1. The fourth-order valence-electron chi connectivity index (χ4n) is 7.81. The van der Waals surface area contributed by atoms with Crippen LogP contribution in [0.25, 0.3) is 0 Å². The van der Waals surface area contributed by atoms with E-state index in [4.69, 9.17) is 15.6 Å². The average molecular weight is 944 g/mol. The summed E-state index contributed by atoms with van der Waals surface area (Å²) in [6.45, 7) is 11.3. The summed E-state index contributed by atoms with van der Waals surface area (Å²) in [4.78, 5) is 26.4. The van der Waals surface area contributed by atoms with Gasteiger partial charge in [-0.3, -0.25) is 19.9 Å². The number of nitriles is 2. The van der Waals surface area contributed by atoms with Crippen molar-refractivity contribution in [3.8, 4) is 12.1 Å². The molecule has 0 aliphatic heterocycles. The normalized spacial score (nSPS) is 10.4. The summed E-state index contributed by atoms with van der Waals surface area (Å²) >= 11 is 0. The molecule has 8 aromatic rings. The number of aliphatic hydroxyl groups is 1. The van der Waals surface area contributed by atoms with E-state index in [2.05, 4.69) is 178 Å². The summed E-state index contributed by atoms with van der Waals surface area (Å²) in [5.41, 5.74) is 12.0. The van der Waals surface area contributed by atoms with Crippen LogP contribution >= 0.6 is 0 Å². The average Bonchev–Trinajstić information content (AvgIpc) is 3.34. The molecule has 8 rings (SSSR count). The Kier molecular flexibility index (Phi) is 24.1. The molecule has 0 saturated heterocycles. The van der Waals surface area contributed by atoms with Crippen molar-refractivity contribution in [2.24, 2.45) is 0 Å². The van der Waals surface area contributed by atoms with Crippen LogP contribution in [-0.2, 0) is 40.9 Å². The molecule has 0 spiro atoms. The molecule has 11 heteroatoms. The van der Waals surface area contributed by atoms with Gasteiger partial charge in [0.2, 0.25) is 0 Å². The van der Waals surface area contributed by atoms with Gasteiger partial charge in [-0.05, 0) is 62.7 Å². The molecule has 1 radical (unpaired) electrons. The summed E-state index contributed by atoms with van der Waals surface area (Å²) in [7, 11) is 0. The predicted molar refractivity (Wildman–Crippen MR) is 269 cm³/mol. The van der Waals surface area contributed by atoms with E-state index in [1.165, 1.54) is 47.8 Å². The van der Waals surface area contributed by atoms with E-state index in [-0.39, 0.29) is 16.5 Å². The van der Waals surface area contributed by atoms with Crippen LogP contribution < -0.4 is 27.0 Å². The van der Waals surface area contributed by atoms with Crippen molar-refractivity contribution in [3.63, 3.8) is 0 Å². The van der Waals surface area contributed by atoms with Crippen molar-refractivity contribution < 1.29 is 31.5 Å². The molecule has 68 heavy (non-hydrogen) atoms. The number of nitrogens with zero attached hydrogens (tertiary/aromatic N) is 6. The quantitative estimate of drug-likeness (QED) is 0.122. The van der Waals surface area contributed by atoms with Crippen LogP contribution in [0.15, 0.2) is 206 Å². The van der Waals surface area contributed by atoms with Crippen molar-refractivity contribution in [3.05, 3.63) is 246 Å². The number of hydrogen-bond acceptors (Lipinski definition) is 9. The zero-order chi connectivity index (χ0) is 48.3. The first-order valence-corrected chi connectivity index (χ1v) is 22.0. The van der Waals surface area contributed by atoms with Gasteiger partial charge in [0.1, 0.15) is 12.2 Å². The van der Waals surface area contributed by atoms with Crippen molar-refractivity contribution in [2.75, 3.05) is 0 Å². The third-order valence-electron chi connectivity index (χ3n) is 10.5. The van der Waals surface area contributed by atoms with E-state index in [0.717, 1.165) is 53.8 Å². The molecule has 9 nitrogen and oxygen atoms in total. The maximum absolute atomic E-state index is 10.1. The predicted octanol–water partition coefficient (Wildman–Crippen LogP) is 7.59. The number of carboxylic acid groups (broad SMARTS) is 1. The van der Waals surface area contributed by atoms with Gasteiger partial charge in [-0.15, -0.1) is 0 Å². The fourth-order valence-corrected chi connectivity index (χ4v) is 7.81. The van der Waals surface area contributed by atoms with Gasteiger partial charge < -0.3 is 15.0 Å². The first kappa shape index (κ1) is 54.8. The molecule has 3 aromatic heterocycles. The van der Waals surface area contributed by atoms with Gasteiger partial charge in [-0.2, -0.15) is 32.4 Å². The third kappa shape index (κ3) is 17.0. The molecule has 0 bridgehead atoms. The first-order chi connectivity index (χ1) is 32.5. The smallest absolute Gasteiger partial charge is 0.547 e. The van der Waals surface area contributed by atoms with Crippen molar-refractivity contribution in [1.82, 2.24) is 19.9 Å². The van der Waals surface area contributed by atoms with Crippen LogP contribution in [0.1, 0.15) is 59.7 Å². The minimum absolute atomic E-state index is 0. The van der Waals surface area contributed by atoms with Gasteiger partial charge in [0.05, 0.1) is 35.2 Å². The summed E-state index contributed by atoms with van der Waals surface area (Å²) in [6, 6.07) is 73.6. The summed E-state index contributed by atoms with van der Waals surface area (Å²) in [5.74, 6) is -1.48. The van der Waals surface area contributed by atoms with Crippen LogP contribution in [-0.4, -0.2) is 37.1 Å². The Labute approximate surface area is 412 Å². The second-order valence-electron chi connectivity index (χ2n) is 15.5. The number of carbonyl (C=O) groups excluding carboxylic acids is 1. The molecule has 0 saturated carbocycles. The van der Waals surface area contributed by atoms with E-state index >= 15 is 0 Å². The molecule has 345 valence electrons. The van der Waals surface area contributed by atoms with Gasteiger partial charge in [0, 0.05) is 50.6 Å². The van der Waals surface area contributed by atoms with Crippen LogP contribution in [0.2, 0.25) is 0 Å². The van der Waals surface area contributed by atoms with Crippen molar-refractivity contribution >= 4 is 34.0 Å². The standard InChI is InChI=1S/C24H20B.C21H24N4.C8H8O3.2C2H3N.Ni/c1-5-13-21(14-6-1)25(22-15-7-2-8-16-22,23-17-9-3-10-18-23)24-19-11-4-12-20-24;1-16-7-4-10-19(22-16)13-25(14-20-11-5-8-17(2)23-20)15-21-12-6-9-18(3)24-21;9-7(8(10)11)6-4-2-1-3-5-6;2*1-2-3;/h1-20H;4-12H,13-15H2,1-3H3;1-5,7,9H,(H,10,11);2*1H3;/q-1;;;;;+3/p-1/t;;7-;;;/m..1.../s1. The van der Waals surface area contributed by atoms with Crippen LogP contribution in [0, 0.1) is 43.4 Å². The molecule has 0 aliphatic rings. The Morgan fingerprint density at radius 2 is 0.750 bits per heavy atom. The number of aryl methyl sites for hydroxylation is 3. The minimum atomic E-state index is -1.52. The Morgan fingerprint density at radius 1 is 0.500 bits per heavy atom. The summed E-state index contributed by atoms with van der Waals surface area (Å²) in [5, 5.41) is 33.7. The Balaban J connectivity index is 0.000000268. The van der Waals surface area contributed by atoms with Gasteiger partial charge in [-0.25, -0.2) is 0 Å². The van der Waals surface area contributed by atoms with Gasteiger partial charge >= 0.3 is 16.5 Å². The second kappa shape index (κ2) is 29.9. The van der Waals surface area contributed by atoms with Crippen LogP contribution in [0.3, 0.4) is 0 Å². The topological polar surface area (TPSA) is 150 Å². The van der Waals surface area contributed by atoms with Crippen LogP contribution in [0.4, 0.5) is 0 Å². The van der Waals surface area contributed by atoms with Crippen LogP contribution in [0.5, 0.6) is 0 Å². The Hall–Kier alpha value is -7.52. The first-order valence-electron chi connectivity index (χ1n) is 22.0. The van der Waals surface area contributed by atoms with E-state index in [1.54, 1.807) is 30.3 Å². The molecule has 0 amide bonds. The Bertz CT molecular complexity index is 2470. The molecule has 1 N–H and O–H groups in total. The molecular weight excluding hydrogens is 886 g/mol. The monoisotopic (exact) mass is 942 g/mol. The molecule has 5 aromatic carbocycles. The number of hydrogen-bond donors (Lipinski definition) is 1. The number of aliphatic hydroxyl groups excluding tert-OH is 1. The van der Waals surface area contributed by atoms with Crippen molar-refractivity contribution in [2.45, 2.75) is 60.4 Å². The van der Waals surface area contributed by atoms with Crippen molar-refractivity contribution in [1.29, 1.82) is 10.5 Å². The molecule has 0 unspecified atom stereocenters. The molecule has 3 heterocycles. The molecule has 0 fully saturated rings. The molecule has 1 atom stereocenters. The van der Waals surface area contributed by atoms with E-state index in [9.17, 15) is 9.90 Å². The number of aliphatic carboxylic acids is 1. The fraction of sp³-hybridized carbons (Fsp3) is 0.158. The van der Waals surface area contributed by atoms with Gasteiger partial charge in [-0.1, -0.05) is 170 Å². The number of aromatic nitrogens is 3.